The van der Waals surface area contributed by atoms with Gasteiger partial charge in [0.05, 0.1) is 0 Å². The number of aromatic nitrogens is 1. The molecule has 2 N–H and O–H groups in total. The van der Waals surface area contributed by atoms with Crippen molar-refractivity contribution in [3.8, 4) is 5.75 Å². The van der Waals surface area contributed by atoms with E-state index >= 15 is 0 Å². The standard InChI is InChI=1S/C10H13ClN2O/c1-7(5-11)6-14-9-4-3-8(2)13-10(9)12/h3-5H,6H2,1-2H3,(H2,12,13)/b7-5-. The van der Waals surface area contributed by atoms with Crippen LogP contribution < -0.4 is 10.5 Å². The second kappa shape index (κ2) is 4.86. The molecular weight excluding hydrogens is 200 g/mol. The minimum atomic E-state index is 0.410. The molecule has 4 heteroatoms. The van der Waals surface area contributed by atoms with Gasteiger partial charge in [-0.15, -0.1) is 0 Å². The van der Waals surface area contributed by atoms with Crippen molar-refractivity contribution in [2.45, 2.75) is 13.8 Å². The topological polar surface area (TPSA) is 48.1 Å². The number of ether oxygens (including phenoxy) is 1. The van der Waals surface area contributed by atoms with Crippen molar-refractivity contribution < 1.29 is 4.74 Å². The molecule has 0 saturated heterocycles. The third-order valence-corrected chi connectivity index (χ3v) is 2.04. The Morgan fingerprint density at radius 1 is 1.64 bits per heavy atom. The summed E-state index contributed by atoms with van der Waals surface area (Å²) in [5.74, 6) is 1.00. The quantitative estimate of drug-likeness (QED) is 0.838. The zero-order valence-corrected chi connectivity index (χ0v) is 9.01. The number of aryl methyl sites for hydroxylation is 1. The van der Waals surface area contributed by atoms with E-state index in [4.69, 9.17) is 22.1 Å². The summed E-state index contributed by atoms with van der Waals surface area (Å²) in [5.41, 5.74) is 8.96. The average Bonchev–Trinajstić information content (AvgIpc) is 2.16. The minimum absolute atomic E-state index is 0.410. The van der Waals surface area contributed by atoms with Gasteiger partial charge in [-0.3, -0.25) is 0 Å². The average molecular weight is 213 g/mol. The molecule has 0 amide bonds. The highest BCUT2D eigenvalue weighted by molar-refractivity contribution is 6.25. The number of nitrogens with two attached hydrogens (primary N) is 1. The lowest BCUT2D eigenvalue weighted by Crippen LogP contribution is -2.03. The van der Waals surface area contributed by atoms with E-state index in [1.54, 1.807) is 6.07 Å². The fourth-order valence-corrected chi connectivity index (χ4v) is 0.972. The first-order chi connectivity index (χ1) is 6.63. The summed E-state index contributed by atoms with van der Waals surface area (Å²) in [7, 11) is 0. The molecule has 0 aromatic carbocycles. The molecule has 1 aromatic rings. The number of rotatable bonds is 3. The maximum absolute atomic E-state index is 5.66. The number of pyridine rings is 1. The molecule has 0 aliphatic rings. The van der Waals surface area contributed by atoms with E-state index < -0.39 is 0 Å². The van der Waals surface area contributed by atoms with Gasteiger partial charge in [0.1, 0.15) is 6.61 Å². The molecule has 0 aliphatic carbocycles. The molecule has 0 radical (unpaired) electrons. The van der Waals surface area contributed by atoms with E-state index in [1.807, 2.05) is 19.9 Å². The van der Waals surface area contributed by atoms with Gasteiger partial charge in [-0.05, 0) is 31.6 Å². The van der Waals surface area contributed by atoms with E-state index in [0.717, 1.165) is 11.3 Å². The largest absolute Gasteiger partial charge is 0.485 e. The summed E-state index contributed by atoms with van der Waals surface area (Å²) in [6, 6.07) is 3.66. The second-order valence-corrected chi connectivity index (χ2v) is 3.30. The highest BCUT2D eigenvalue weighted by Gasteiger charge is 2.01. The van der Waals surface area contributed by atoms with Gasteiger partial charge in [0.25, 0.3) is 0 Å². The molecule has 0 atom stereocenters. The Kier molecular flexibility index (Phi) is 3.77. The van der Waals surface area contributed by atoms with E-state index in [-0.39, 0.29) is 0 Å². The van der Waals surface area contributed by atoms with Crippen LogP contribution in [0.4, 0.5) is 5.82 Å². The number of nitrogen functional groups attached to an aromatic ring is 1. The van der Waals surface area contributed by atoms with Crippen LogP contribution in [-0.2, 0) is 0 Å². The predicted molar refractivity (Wildman–Crippen MR) is 58.5 cm³/mol. The van der Waals surface area contributed by atoms with Gasteiger partial charge in [0.15, 0.2) is 11.6 Å². The fourth-order valence-electron chi connectivity index (χ4n) is 0.909. The third kappa shape index (κ3) is 2.92. The van der Waals surface area contributed by atoms with E-state index in [2.05, 4.69) is 4.98 Å². The van der Waals surface area contributed by atoms with Crippen molar-refractivity contribution in [2.75, 3.05) is 12.3 Å². The Morgan fingerprint density at radius 2 is 2.36 bits per heavy atom. The molecule has 0 aliphatic heterocycles. The lowest BCUT2D eigenvalue weighted by atomic mass is 10.3. The van der Waals surface area contributed by atoms with Crippen LogP contribution in [0.1, 0.15) is 12.6 Å². The molecule has 3 nitrogen and oxygen atoms in total. The van der Waals surface area contributed by atoms with E-state index in [0.29, 0.717) is 18.2 Å². The number of hydrogen-bond donors (Lipinski definition) is 1. The Morgan fingerprint density at radius 3 is 2.93 bits per heavy atom. The van der Waals surface area contributed by atoms with Crippen LogP contribution in [0.2, 0.25) is 0 Å². The Bertz CT molecular complexity index is 350. The smallest absolute Gasteiger partial charge is 0.166 e. The summed E-state index contributed by atoms with van der Waals surface area (Å²) in [4.78, 5) is 4.08. The summed E-state index contributed by atoms with van der Waals surface area (Å²) < 4.78 is 5.40. The highest BCUT2D eigenvalue weighted by Crippen LogP contribution is 2.19. The van der Waals surface area contributed by atoms with Gasteiger partial charge < -0.3 is 10.5 Å². The lowest BCUT2D eigenvalue weighted by molar-refractivity contribution is 0.353. The Labute approximate surface area is 88.5 Å². The normalized spacial score (nSPS) is 11.5. The molecule has 0 spiro atoms. The number of nitrogens with zero attached hydrogens (tertiary/aromatic N) is 1. The van der Waals surface area contributed by atoms with Gasteiger partial charge >= 0.3 is 0 Å². The van der Waals surface area contributed by atoms with E-state index in [9.17, 15) is 0 Å². The molecule has 0 bridgehead atoms. The van der Waals surface area contributed by atoms with Crippen LogP contribution in [-0.4, -0.2) is 11.6 Å². The van der Waals surface area contributed by atoms with Crippen molar-refractivity contribution in [3.63, 3.8) is 0 Å². The first-order valence-corrected chi connectivity index (χ1v) is 4.69. The van der Waals surface area contributed by atoms with Crippen molar-refractivity contribution in [1.82, 2.24) is 4.98 Å². The fraction of sp³-hybridized carbons (Fsp3) is 0.300. The van der Waals surface area contributed by atoms with Gasteiger partial charge in [-0.1, -0.05) is 11.6 Å². The molecule has 1 aromatic heterocycles. The van der Waals surface area contributed by atoms with Crippen molar-refractivity contribution in [1.29, 1.82) is 0 Å². The molecule has 1 heterocycles. The first-order valence-electron chi connectivity index (χ1n) is 4.25. The van der Waals surface area contributed by atoms with Crippen LogP contribution in [0.15, 0.2) is 23.2 Å². The zero-order valence-electron chi connectivity index (χ0n) is 8.25. The SMILES string of the molecule is C/C(=C/Cl)COc1ccc(C)nc1N. The summed E-state index contributed by atoms with van der Waals surface area (Å²) in [5, 5.41) is 0. The lowest BCUT2D eigenvalue weighted by Gasteiger charge is -2.08. The Balaban J connectivity index is 2.68. The first kappa shape index (κ1) is 10.9. The summed E-state index contributed by atoms with van der Waals surface area (Å²) >= 11 is 5.49. The van der Waals surface area contributed by atoms with Gasteiger partial charge in [-0.2, -0.15) is 0 Å². The zero-order chi connectivity index (χ0) is 10.6. The highest BCUT2D eigenvalue weighted by atomic mass is 35.5. The molecule has 0 unspecified atom stereocenters. The maximum atomic E-state index is 5.66. The number of hydrogen-bond acceptors (Lipinski definition) is 3. The monoisotopic (exact) mass is 212 g/mol. The maximum Gasteiger partial charge on any atom is 0.166 e. The summed E-state index contributed by atoms with van der Waals surface area (Å²) in [6.45, 7) is 4.19. The number of halogens is 1. The minimum Gasteiger partial charge on any atom is -0.485 e. The van der Waals surface area contributed by atoms with Crippen molar-refractivity contribution in [2.24, 2.45) is 0 Å². The molecule has 1 rings (SSSR count). The molecule has 14 heavy (non-hydrogen) atoms. The van der Waals surface area contributed by atoms with Crippen molar-refractivity contribution >= 4 is 17.4 Å². The molecule has 0 fully saturated rings. The van der Waals surface area contributed by atoms with Gasteiger partial charge in [-0.25, -0.2) is 4.98 Å². The van der Waals surface area contributed by atoms with Gasteiger partial charge in [0.2, 0.25) is 0 Å². The van der Waals surface area contributed by atoms with E-state index in [1.165, 1.54) is 5.54 Å². The van der Waals surface area contributed by atoms with Crippen LogP contribution in [0.5, 0.6) is 5.75 Å². The molecule has 76 valence electrons. The van der Waals surface area contributed by atoms with Crippen molar-refractivity contribution in [3.05, 3.63) is 28.9 Å². The second-order valence-electron chi connectivity index (χ2n) is 3.08. The third-order valence-electron chi connectivity index (χ3n) is 1.67. The summed E-state index contributed by atoms with van der Waals surface area (Å²) in [6.07, 6.45) is 0. The molecular formula is C10H13ClN2O. The van der Waals surface area contributed by atoms with Crippen LogP contribution in [0, 0.1) is 6.92 Å². The van der Waals surface area contributed by atoms with Crippen LogP contribution >= 0.6 is 11.6 Å². The van der Waals surface area contributed by atoms with Gasteiger partial charge in [0, 0.05) is 11.2 Å². The predicted octanol–water partition coefficient (Wildman–Crippen LogP) is 2.49. The van der Waals surface area contributed by atoms with Crippen LogP contribution in [0.25, 0.3) is 0 Å². The Hall–Kier alpha value is -1.22. The molecule has 0 saturated carbocycles. The number of anilines is 1. The van der Waals surface area contributed by atoms with Crippen LogP contribution in [0.3, 0.4) is 0 Å².